The van der Waals surface area contributed by atoms with Crippen molar-refractivity contribution in [3.63, 3.8) is 0 Å². The fourth-order valence-electron chi connectivity index (χ4n) is 4.66. The van der Waals surface area contributed by atoms with Gasteiger partial charge < -0.3 is 10.8 Å². The van der Waals surface area contributed by atoms with Gasteiger partial charge in [-0.1, -0.05) is 33.6 Å². The Balaban J connectivity index is 2.05. The van der Waals surface area contributed by atoms with Gasteiger partial charge in [-0.2, -0.15) is 0 Å². The molecular weight excluding hydrogens is 246 g/mol. The van der Waals surface area contributed by atoms with E-state index in [1.54, 1.807) is 0 Å². The monoisotopic (exact) mass is 281 g/mol. The predicted molar refractivity (Wildman–Crippen MR) is 85.6 cm³/mol. The van der Waals surface area contributed by atoms with Crippen LogP contribution in [0.2, 0.25) is 0 Å². The molecule has 2 fully saturated rings. The number of nitrogens with two attached hydrogens (primary N) is 1. The van der Waals surface area contributed by atoms with E-state index in [2.05, 4.69) is 20.8 Å². The second kappa shape index (κ2) is 5.96. The minimum atomic E-state index is -0.492. The Morgan fingerprint density at radius 3 is 2.00 bits per heavy atom. The Morgan fingerprint density at radius 2 is 1.55 bits per heavy atom. The average Bonchev–Trinajstić information content (AvgIpc) is 2.44. The van der Waals surface area contributed by atoms with Crippen molar-refractivity contribution in [3.05, 3.63) is 0 Å². The SMILES string of the molecule is CCCC1CCC(CN)(C2(O)CCC(C)(C)CC2)CC1. The van der Waals surface area contributed by atoms with Crippen molar-refractivity contribution in [3.8, 4) is 0 Å². The summed E-state index contributed by atoms with van der Waals surface area (Å²) >= 11 is 0. The van der Waals surface area contributed by atoms with Gasteiger partial charge in [0.1, 0.15) is 0 Å². The summed E-state index contributed by atoms with van der Waals surface area (Å²) in [7, 11) is 0. The van der Waals surface area contributed by atoms with Crippen LogP contribution in [-0.2, 0) is 0 Å². The van der Waals surface area contributed by atoms with E-state index in [1.165, 1.54) is 25.7 Å². The van der Waals surface area contributed by atoms with E-state index in [4.69, 9.17) is 5.73 Å². The molecule has 0 radical (unpaired) electrons. The summed E-state index contributed by atoms with van der Waals surface area (Å²) in [4.78, 5) is 0. The zero-order chi connectivity index (χ0) is 14.9. The lowest BCUT2D eigenvalue weighted by Gasteiger charge is -2.54. The Kier molecular flexibility index (Phi) is 4.86. The van der Waals surface area contributed by atoms with Crippen molar-refractivity contribution in [2.45, 2.75) is 90.6 Å². The minimum Gasteiger partial charge on any atom is -0.389 e. The first kappa shape index (κ1) is 16.3. The van der Waals surface area contributed by atoms with Gasteiger partial charge in [0.15, 0.2) is 0 Å². The van der Waals surface area contributed by atoms with Crippen LogP contribution in [-0.4, -0.2) is 17.3 Å². The predicted octanol–water partition coefficient (Wildman–Crippen LogP) is 4.25. The second-order valence-corrected chi connectivity index (χ2v) is 8.41. The van der Waals surface area contributed by atoms with Crippen molar-refractivity contribution < 1.29 is 5.11 Å². The normalized spacial score (nSPS) is 36.8. The molecule has 0 bridgehead atoms. The highest BCUT2D eigenvalue weighted by Gasteiger charge is 2.52. The van der Waals surface area contributed by atoms with E-state index in [0.717, 1.165) is 44.4 Å². The molecule has 0 aliphatic heterocycles. The third kappa shape index (κ3) is 3.06. The van der Waals surface area contributed by atoms with Gasteiger partial charge in [-0.05, 0) is 62.7 Å². The van der Waals surface area contributed by atoms with Gasteiger partial charge >= 0.3 is 0 Å². The smallest absolute Gasteiger partial charge is 0.0716 e. The molecule has 0 unspecified atom stereocenters. The van der Waals surface area contributed by atoms with Gasteiger partial charge in [-0.25, -0.2) is 0 Å². The Bertz CT molecular complexity index is 305. The highest BCUT2D eigenvalue weighted by atomic mass is 16.3. The van der Waals surface area contributed by atoms with E-state index < -0.39 is 5.60 Å². The first-order chi connectivity index (χ1) is 9.36. The van der Waals surface area contributed by atoms with Crippen LogP contribution in [0.25, 0.3) is 0 Å². The van der Waals surface area contributed by atoms with Gasteiger partial charge in [0.05, 0.1) is 5.60 Å². The first-order valence-electron chi connectivity index (χ1n) is 8.79. The van der Waals surface area contributed by atoms with Crippen LogP contribution in [0, 0.1) is 16.7 Å². The lowest BCUT2D eigenvalue weighted by Crippen LogP contribution is -2.56. The van der Waals surface area contributed by atoms with Crippen molar-refractivity contribution in [2.75, 3.05) is 6.54 Å². The number of hydrogen-bond acceptors (Lipinski definition) is 2. The third-order valence-electron chi connectivity index (χ3n) is 6.57. The molecule has 3 N–H and O–H groups in total. The average molecular weight is 281 g/mol. The van der Waals surface area contributed by atoms with Crippen LogP contribution >= 0.6 is 0 Å². The third-order valence-corrected chi connectivity index (χ3v) is 6.57. The van der Waals surface area contributed by atoms with Crippen LogP contribution in [0.1, 0.15) is 85.0 Å². The maximum Gasteiger partial charge on any atom is 0.0716 e. The molecule has 2 heteroatoms. The summed E-state index contributed by atoms with van der Waals surface area (Å²) in [6.07, 6.45) is 11.7. The Labute approximate surface area is 125 Å². The van der Waals surface area contributed by atoms with E-state index in [9.17, 15) is 5.11 Å². The van der Waals surface area contributed by atoms with Gasteiger partial charge in [0, 0.05) is 12.0 Å². The van der Waals surface area contributed by atoms with Crippen molar-refractivity contribution in [1.29, 1.82) is 0 Å². The van der Waals surface area contributed by atoms with Gasteiger partial charge in [0.2, 0.25) is 0 Å². The molecule has 0 heterocycles. The van der Waals surface area contributed by atoms with E-state index in [0.29, 0.717) is 12.0 Å². The van der Waals surface area contributed by atoms with E-state index >= 15 is 0 Å². The molecule has 2 rings (SSSR count). The molecule has 0 amide bonds. The second-order valence-electron chi connectivity index (χ2n) is 8.41. The summed E-state index contributed by atoms with van der Waals surface area (Å²) in [6, 6.07) is 0. The Hall–Kier alpha value is -0.0800. The molecule has 0 spiro atoms. The molecule has 0 aromatic carbocycles. The molecular formula is C18H35NO. The molecule has 2 nitrogen and oxygen atoms in total. The van der Waals surface area contributed by atoms with Gasteiger partial charge in [-0.15, -0.1) is 0 Å². The maximum absolute atomic E-state index is 11.3. The van der Waals surface area contributed by atoms with Crippen LogP contribution in [0.5, 0.6) is 0 Å². The van der Waals surface area contributed by atoms with Crippen LogP contribution in [0.15, 0.2) is 0 Å². The summed E-state index contributed by atoms with van der Waals surface area (Å²) in [5.41, 5.74) is 6.10. The fourth-order valence-corrected chi connectivity index (χ4v) is 4.66. The highest BCUT2D eigenvalue weighted by Crippen LogP contribution is 2.54. The molecule has 2 aliphatic rings. The molecule has 2 aliphatic carbocycles. The number of hydrogen-bond donors (Lipinski definition) is 2. The number of aliphatic hydroxyl groups is 1. The lowest BCUT2D eigenvalue weighted by molar-refractivity contribution is -0.140. The van der Waals surface area contributed by atoms with Gasteiger partial charge in [-0.3, -0.25) is 0 Å². The topological polar surface area (TPSA) is 46.2 Å². The van der Waals surface area contributed by atoms with Gasteiger partial charge in [0.25, 0.3) is 0 Å². The summed E-state index contributed by atoms with van der Waals surface area (Å²) in [5, 5.41) is 11.3. The zero-order valence-corrected chi connectivity index (χ0v) is 13.9. The van der Waals surface area contributed by atoms with E-state index in [-0.39, 0.29) is 5.41 Å². The molecule has 118 valence electrons. The lowest BCUT2D eigenvalue weighted by atomic mass is 9.55. The molecule has 0 atom stereocenters. The first-order valence-corrected chi connectivity index (χ1v) is 8.79. The molecule has 0 aromatic heterocycles. The minimum absolute atomic E-state index is 0.00768. The van der Waals surface area contributed by atoms with Crippen LogP contribution in [0.4, 0.5) is 0 Å². The quantitative estimate of drug-likeness (QED) is 0.809. The fraction of sp³-hybridized carbons (Fsp3) is 1.00. The standard InChI is InChI=1S/C18H35NO/c1-4-5-15-6-8-17(14-19,9-7-15)18(20)12-10-16(2,3)11-13-18/h15,20H,4-14,19H2,1-3H3. The molecule has 0 saturated heterocycles. The largest absolute Gasteiger partial charge is 0.389 e. The van der Waals surface area contributed by atoms with Crippen LogP contribution in [0.3, 0.4) is 0 Å². The van der Waals surface area contributed by atoms with Crippen LogP contribution < -0.4 is 5.73 Å². The molecule has 0 aromatic rings. The highest BCUT2D eigenvalue weighted by molar-refractivity contribution is 5.04. The number of rotatable bonds is 4. The summed E-state index contributed by atoms with van der Waals surface area (Å²) < 4.78 is 0. The van der Waals surface area contributed by atoms with Crippen molar-refractivity contribution in [1.82, 2.24) is 0 Å². The zero-order valence-electron chi connectivity index (χ0n) is 13.9. The van der Waals surface area contributed by atoms with Crippen molar-refractivity contribution >= 4 is 0 Å². The Morgan fingerprint density at radius 1 is 1.00 bits per heavy atom. The summed E-state index contributed by atoms with van der Waals surface area (Å²) in [6.45, 7) is 7.62. The summed E-state index contributed by atoms with van der Waals surface area (Å²) in [5.74, 6) is 0.878. The molecule has 20 heavy (non-hydrogen) atoms. The molecule has 2 saturated carbocycles. The maximum atomic E-state index is 11.3. The van der Waals surface area contributed by atoms with Crippen molar-refractivity contribution in [2.24, 2.45) is 22.5 Å². The van der Waals surface area contributed by atoms with E-state index in [1.807, 2.05) is 0 Å².